The fourth-order valence-corrected chi connectivity index (χ4v) is 4.74. The van der Waals surface area contributed by atoms with Crippen molar-refractivity contribution in [3.8, 4) is 25.7 Å². The van der Waals surface area contributed by atoms with Crippen LogP contribution in [0.15, 0.2) is 60.8 Å². The largest absolute Gasteiger partial charge is 0.444 e. The summed E-state index contributed by atoms with van der Waals surface area (Å²) in [6.07, 6.45) is 30.6. The van der Waals surface area contributed by atoms with E-state index < -0.39 is 33.9 Å². The molecule has 0 aromatic carbocycles. The molecule has 5 N–H and O–H groups in total. The van der Waals surface area contributed by atoms with E-state index in [2.05, 4.69) is 64.9 Å². The molecular weight excluding hydrogens is 793 g/mol. The van der Waals surface area contributed by atoms with Crippen LogP contribution >= 0.6 is 0 Å². The predicted molar refractivity (Wildman–Crippen MR) is 262 cm³/mol. The number of hydrogen-bond donors (Lipinski definition) is 4. The molecule has 0 spiro atoms. The number of rotatable bonds is 15. The van der Waals surface area contributed by atoms with Crippen LogP contribution in [0.1, 0.15) is 131 Å². The Bertz CT molecular complexity index is 1390. The minimum absolute atomic E-state index is 0. The van der Waals surface area contributed by atoms with E-state index in [9.17, 15) is 27.6 Å². The van der Waals surface area contributed by atoms with Crippen LogP contribution in [0.2, 0.25) is 0 Å². The summed E-state index contributed by atoms with van der Waals surface area (Å²) < 4.78 is 31.6. The Kier molecular flexibility index (Phi) is 56.0. The molecule has 0 bridgehead atoms. The first-order chi connectivity index (χ1) is 28.0. The van der Waals surface area contributed by atoms with Gasteiger partial charge in [0, 0.05) is 25.8 Å². The normalized spacial score (nSPS) is 13.8. The number of ether oxygens (including phenoxy) is 1. The molecule has 0 radical (unpaired) electrons. The first-order valence-electron chi connectivity index (χ1n) is 20.2. The quantitative estimate of drug-likeness (QED) is 0.0412. The Hall–Kier alpha value is -4.76. The summed E-state index contributed by atoms with van der Waals surface area (Å²) in [4.78, 5) is 47.2. The summed E-state index contributed by atoms with van der Waals surface area (Å²) >= 11 is 0. The molecule has 1 fully saturated rings. The van der Waals surface area contributed by atoms with Crippen LogP contribution in [0.4, 0.5) is 4.79 Å². The Morgan fingerprint density at radius 3 is 1.75 bits per heavy atom. The van der Waals surface area contributed by atoms with Crippen LogP contribution in [0, 0.1) is 42.9 Å². The van der Waals surface area contributed by atoms with Crippen molar-refractivity contribution in [1.82, 2.24) is 19.2 Å². The molecule has 1 aliphatic heterocycles. The molecule has 0 aromatic rings. The Labute approximate surface area is 374 Å². The summed E-state index contributed by atoms with van der Waals surface area (Å²) in [5, 5.41) is 9.59. The van der Waals surface area contributed by atoms with Gasteiger partial charge in [-0.15, -0.1) is 32.3 Å². The first-order valence-corrected chi connectivity index (χ1v) is 21.7. The number of allylic oxidation sites excluding steroid dienone is 7. The molecule has 2 unspecified atom stereocenters. The summed E-state index contributed by atoms with van der Waals surface area (Å²) in [5.74, 6) is -0.444. The van der Waals surface area contributed by atoms with E-state index >= 15 is 0 Å². The molecule has 1 heterocycles. The summed E-state index contributed by atoms with van der Waals surface area (Å²) in [6.45, 7) is 36.6. The topological polar surface area (TPSA) is 192 Å². The highest BCUT2D eigenvalue weighted by Crippen LogP contribution is 2.16. The third-order valence-electron chi connectivity index (χ3n) is 7.36. The van der Waals surface area contributed by atoms with Crippen molar-refractivity contribution in [2.75, 3.05) is 20.1 Å². The number of terminal acetylenes is 2. The molecular formula is C47H88N6O7S. The van der Waals surface area contributed by atoms with Crippen molar-refractivity contribution in [1.29, 1.82) is 5.41 Å². The van der Waals surface area contributed by atoms with Crippen LogP contribution in [0.3, 0.4) is 0 Å². The fourth-order valence-electron chi connectivity index (χ4n) is 3.65. The van der Waals surface area contributed by atoms with Crippen molar-refractivity contribution in [3.63, 3.8) is 0 Å². The standard InChI is InChI=1S/C13H22N2O4.C11H15N.C10H21N3O3S.C4H10.2C2H6.2C2H2.CH4/c1-4-13(2,3)19-12(18)14-8-11(17)15-7-5-6-10(15)9-16;1-4-7-10(6-3)11(9-12)8-5-2;1-6-8(4)9(11)10(14)12-17(15,16)13(5)7(2)3;1-4(2)3;4*1-2;/h9-10H,4-8H2,1-3H3,(H,14,18);4-9,12H,3H2,1-2H3;6-9H,1,11H2,2-5H3,(H,12,14);4H,1-3H3;2*1-2H3;2*1-2H;1H4/b;7-4-,8-5-,11-10+,12-9?;;;;;;;/t10-;;;;;;;;/m0......../s1. The van der Waals surface area contributed by atoms with E-state index in [4.69, 9.17) is 15.9 Å². The van der Waals surface area contributed by atoms with Crippen LogP contribution in [-0.4, -0.2) is 91.9 Å². The number of carbonyl (C=O) groups is 4. The third-order valence-corrected chi connectivity index (χ3v) is 9.00. The van der Waals surface area contributed by atoms with Crippen LogP contribution in [-0.2, 0) is 29.3 Å². The lowest BCUT2D eigenvalue weighted by Crippen LogP contribution is -2.51. The second kappa shape index (κ2) is 46.3. The summed E-state index contributed by atoms with van der Waals surface area (Å²) in [5.41, 5.74) is 6.90. The van der Waals surface area contributed by atoms with Gasteiger partial charge in [-0.3, -0.25) is 9.59 Å². The summed E-state index contributed by atoms with van der Waals surface area (Å²) in [7, 11) is -2.43. The van der Waals surface area contributed by atoms with Crippen LogP contribution in [0.5, 0.6) is 0 Å². The lowest BCUT2D eigenvalue weighted by Gasteiger charge is -2.24. The van der Waals surface area contributed by atoms with Gasteiger partial charge in [-0.1, -0.05) is 113 Å². The molecule has 354 valence electrons. The average Bonchev–Trinajstić information content (AvgIpc) is 3.72. The van der Waals surface area contributed by atoms with Crippen molar-refractivity contribution in [3.05, 3.63) is 60.8 Å². The number of aldehydes is 1. The predicted octanol–water partition coefficient (Wildman–Crippen LogP) is 9.05. The zero-order valence-electron chi connectivity index (χ0n) is 40.0. The molecule has 1 saturated heterocycles. The van der Waals surface area contributed by atoms with Gasteiger partial charge in [-0.2, -0.15) is 12.7 Å². The minimum Gasteiger partial charge on any atom is -0.444 e. The van der Waals surface area contributed by atoms with Gasteiger partial charge < -0.3 is 30.9 Å². The second-order valence-electron chi connectivity index (χ2n) is 13.5. The number of nitrogens with one attached hydrogen (secondary N) is 3. The number of alkyl carbamates (subject to hydrolysis) is 1. The molecule has 14 heteroatoms. The molecule has 61 heavy (non-hydrogen) atoms. The van der Waals surface area contributed by atoms with Gasteiger partial charge in [0.25, 0.3) is 5.91 Å². The lowest BCUT2D eigenvalue weighted by molar-refractivity contribution is -0.133. The van der Waals surface area contributed by atoms with Crippen molar-refractivity contribution < 1.29 is 32.3 Å². The number of carbonyl (C=O) groups excluding carboxylic acids is 4. The molecule has 0 aliphatic carbocycles. The number of likely N-dealkylation sites (tertiary alicyclic amines) is 1. The molecule has 1 aliphatic rings. The maximum Gasteiger partial charge on any atom is 0.408 e. The summed E-state index contributed by atoms with van der Waals surface area (Å²) in [6, 6.07) is -1.52. The van der Waals surface area contributed by atoms with Gasteiger partial charge in [0.2, 0.25) is 5.91 Å². The molecule has 1 rings (SSSR count). The number of amides is 3. The van der Waals surface area contributed by atoms with E-state index in [1.807, 2.05) is 77.5 Å². The maximum absolute atomic E-state index is 11.9. The first kappa shape index (κ1) is 73.7. The average molecular weight is 881 g/mol. The Balaban J connectivity index is -0.000000103. The Morgan fingerprint density at radius 1 is 0.967 bits per heavy atom. The van der Waals surface area contributed by atoms with Gasteiger partial charge in [-0.25, -0.2) is 9.52 Å². The van der Waals surface area contributed by atoms with Gasteiger partial charge in [0.05, 0.1) is 12.1 Å². The van der Waals surface area contributed by atoms with E-state index in [0.29, 0.717) is 19.4 Å². The van der Waals surface area contributed by atoms with Crippen molar-refractivity contribution in [2.24, 2.45) is 17.6 Å². The zero-order chi connectivity index (χ0) is 49.2. The highest BCUT2D eigenvalue weighted by molar-refractivity contribution is 7.87. The molecule has 0 aromatic heterocycles. The van der Waals surface area contributed by atoms with E-state index in [-0.39, 0.29) is 37.9 Å². The SMILES string of the molecule is C.C#C.C#C.C=CC(/C=C\C)=C(C=N)/C=C\C.C=CC(C)C(N)C(=O)NS(=O)(=O)N(C)C(C)C.CC.CC.CC(C)C.CCC(C)(C)OC(=O)NCC(=O)N1CCC[C@H]1C=O. The zero-order valence-corrected chi connectivity index (χ0v) is 40.8. The van der Waals surface area contributed by atoms with Crippen LogP contribution in [0.25, 0.3) is 0 Å². The second-order valence-corrected chi connectivity index (χ2v) is 15.2. The van der Waals surface area contributed by atoms with Gasteiger partial charge in [0.15, 0.2) is 0 Å². The van der Waals surface area contributed by atoms with Gasteiger partial charge >= 0.3 is 16.3 Å². The van der Waals surface area contributed by atoms with Crippen LogP contribution < -0.4 is 15.8 Å². The minimum atomic E-state index is -3.83. The van der Waals surface area contributed by atoms with Crippen molar-refractivity contribution >= 4 is 40.6 Å². The molecule has 3 amide bonds. The molecule has 3 atom stereocenters. The van der Waals surface area contributed by atoms with E-state index in [0.717, 1.165) is 34.1 Å². The highest BCUT2D eigenvalue weighted by Gasteiger charge is 2.29. The maximum atomic E-state index is 11.9. The van der Waals surface area contributed by atoms with Gasteiger partial charge in [0.1, 0.15) is 18.4 Å². The third kappa shape index (κ3) is 39.2. The molecule has 0 saturated carbocycles. The van der Waals surface area contributed by atoms with Gasteiger partial charge in [-0.05, 0) is 83.8 Å². The number of nitrogens with zero attached hydrogens (tertiary/aromatic N) is 2. The lowest BCUT2D eigenvalue weighted by atomic mass is 10.0. The van der Waals surface area contributed by atoms with E-state index in [1.165, 1.54) is 24.2 Å². The molecule has 13 nitrogen and oxygen atoms in total. The van der Waals surface area contributed by atoms with E-state index in [1.54, 1.807) is 40.7 Å². The fraction of sp³-hybridized carbons (Fsp3) is 0.596. The smallest absolute Gasteiger partial charge is 0.408 e. The Morgan fingerprint density at radius 2 is 1.41 bits per heavy atom. The number of hydrogen-bond acceptors (Lipinski definition) is 9. The van der Waals surface area contributed by atoms with Crippen molar-refractivity contribution in [2.45, 2.75) is 154 Å². The highest BCUT2D eigenvalue weighted by atomic mass is 32.2. The monoisotopic (exact) mass is 881 g/mol. The number of nitrogens with two attached hydrogens (primary N) is 1.